The first-order chi connectivity index (χ1) is 13.1. The SMILES string of the molecule is CCCS(=O)(=O)NC1CCN(c2ccc3nnc(-c4ccsc4)n3n2)CC1. The Morgan fingerprint density at radius 2 is 2.04 bits per heavy atom. The standard InChI is InChI=1S/C17H22N6O2S2/c1-2-11-27(24,25)21-14-5-8-22(9-6-14)16-4-3-15-18-19-17(23(15)20-16)13-7-10-26-12-13/h3-4,7,10,12,14,21H,2,5-6,8-9,11H2,1H3. The van der Waals surface area contributed by atoms with E-state index in [4.69, 9.17) is 5.10 Å². The Hall–Kier alpha value is -2.04. The van der Waals surface area contributed by atoms with Crippen LogP contribution in [0.2, 0.25) is 0 Å². The van der Waals surface area contributed by atoms with Crippen LogP contribution < -0.4 is 9.62 Å². The molecule has 27 heavy (non-hydrogen) atoms. The Balaban J connectivity index is 1.49. The van der Waals surface area contributed by atoms with Crippen molar-refractivity contribution in [1.82, 2.24) is 24.5 Å². The van der Waals surface area contributed by atoms with Crippen LogP contribution in [0.15, 0.2) is 29.0 Å². The highest BCUT2D eigenvalue weighted by atomic mass is 32.2. The zero-order valence-electron chi connectivity index (χ0n) is 15.1. The summed E-state index contributed by atoms with van der Waals surface area (Å²) in [5.41, 5.74) is 1.71. The third-order valence-electron chi connectivity index (χ3n) is 4.67. The molecular formula is C17H22N6O2S2. The summed E-state index contributed by atoms with van der Waals surface area (Å²) in [7, 11) is -3.17. The summed E-state index contributed by atoms with van der Waals surface area (Å²) in [6, 6.07) is 5.87. The summed E-state index contributed by atoms with van der Waals surface area (Å²) in [5, 5.41) is 17.2. The fraction of sp³-hybridized carbons (Fsp3) is 0.471. The van der Waals surface area contributed by atoms with Gasteiger partial charge in [0, 0.05) is 30.1 Å². The summed E-state index contributed by atoms with van der Waals surface area (Å²) in [4.78, 5) is 2.18. The molecule has 0 saturated carbocycles. The molecule has 0 aliphatic carbocycles. The number of hydrogen-bond donors (Lipinski definition) is 1. The molecule has 8 nitrogen and oxygen atoms in total. The first-order valence-electron chi connectivity index (χ1n) is 9.06. The second-order valence-electron chi connectivity index (χ2n) is 6.70. The molecule has 1 fully saturated rings. The van der Waals surface area contributed by atoms with Crippen LogP contribution >= 0.6 is 11.3 Å². The molecule has 4 rings (SSSR count). The third kappa shape index (κ3) is 3.97. The van der Waals surface area contributed by atoms with Crippen molar-refractivity contribution in [2.24, 2.45) is 0 Å². The Morgan fingerprint density at radius 3 is 2.74 bits per heavy atom. The summed E-state index contributed by atoms with van der Waals surface area (Å²) in [5.74, 6) is 1.77. The maximum Gasteiger partial charge on any atom is 0.211 e. The van der Waals surface area contributed by atoms with Gasteiger partial charge in [-0.2, -0.15) is 15.9 Å². The van der Waals surface area contributed by atoms with Crippen molar-refractivity contribution in [2.45, 2.75) is 32.2 Å². The van der Waals surface area contributed by atoms with Gasteiger partial charge in [-0.1, -0.05) is 6.92 Å². The van der Waals surface area contributed by atoms with Crippen LogP contribution in [-0.4, -0.2) is 53.1 Å². The van der Waals surface area contributed by atoms with Gasteiger partial charge in [-0.3, -0.25) is 0 Å². The number of rotatable bonds is 6. The van der Waals surface area contributed by atoms with Gasteiger partial charge in [0.2, 0.25) is 10.0 Å². The molecule has 0 atom stereocenters. The molecule has 1 aliphatic heterocycles. The molecule has 0 radical (unpaired) electrons. The van der Waals surface area contributed by atoms with Crippen molar-refractivity contribution < 1.29 is 8.42 Å². The van der Waals surface area contributed by atoms with Gasteiger partial charge in [0.1, 0.15) is 5.82 Å². The zero-order valence-corrected chi connectivity index (χ0v) is 16.7. The monoisotopic (exact) mass is 406 g/mol. The summed E-state index contributed by atoms with van der Waals surface area (Å²) < 4.78 is 28.5. The molecule has 0 spiro atoms. The van der Waals surface area contributed by atoms with E-state index in [9.17, 15) is 8.42 Å². The molecule has 10 heteroatoms. The molecule has 0 unspecified atom stereocenters. The Morgan fingerprint density at radius 1 is 1.22 bits per heavy atom. The van der Waals surface area contributed by atoms with E-state index >= 15 is 0 Å². The molecule has 1 saturated heterocycles. The molecule has 4 heterocycles. The second-order valence-corrected chi connectivity index (χ2v) is 9.35. The Labute approximate surface area is 162 Å². The lowest BCUT2D eigenvalue weighted by molar-refractivity contribution is 0.457. The highest BCUT2D eigenvalue weighted by molar-refractivity contribution is 7.89. The van der Waals surface area contributed by atoms with Gasteiger partial charge in [0.25, 0.3) is 0 Å². The van der Waals surface area contributed by atoms with Gasteiger partial charge >= 0.3 is 0 Å². The maximum atomic E-state index is 12.0. The van der Waals surface area contributed by atoms with E-state index in [1.165, 1.54) is 0 Å². The van der Waals surface area contributed by atoms with E-state index in [-0.39, 0.29) is 11.8 Å². The minimum atomic E-state index is -3.17. The number of piperidine rings is 1. The Kier molecular flexibility index (Phi) is 5.11. The zero-order chi connectivity index (χ0) is 18.9. The molecule has 3 aromatic heterocycles. The van der Waals surface area contributed by atoms with E-state index < -0.39 is 10.0 Å². The van der Waals surface area contributed by atoms with Crippen molar-refractivity contribution in [3.8, 4) is 11.4 Å². The lowest BCUT2D eigenvalue weighted by atomic mass is 10.1. The largest absolute Gasteiger partial charge is 0.355 e. The van der Waals surface area contributed by atoms with Crippen LogP contribution in [0, 0.1) is 0 Å². The highest BCUT2D eigenvalue weighted by Gasteiger charge is 2.24. The van der Waals surface area contributed by atoms with Gasteiger partial charge < -0.3 is 4.90 Å². The van der Waals surface area contributed by atoms with E-state index in [0.29, 0.717) is 12.1 Å². The quantitative estimate of drug-likeness (QED) is 0.674. The number of hydrogen-bond acceptors (Lipinski definition) is 7. The second kappa shape index (κ2) is 7.53. The predicted octanol–water partition coefficient (Wildman–Crippen LogP) is 2.15. The van der Waals surface area contributed by atoms with Crippen molar-refractivity contribution in [2.75, 3.05) is 23.7 Å². The fourth-order valence-electron chi connectivity index (χ4n) is 3.33. The molecule has 3 aromatic rings. The van der Waals surface area contributed by atoms with Crippen molar-refractivity contribution >= 4 is 32.8 Å². The van der Waals surface area contributed by atoms with Gasteiger partial charge in [0.15, 0.2) is 11.5 Å². The van der Waals surface area contributed by atoms with Gasteiger partial charge in [-0.05, 0) is 42.8 Å². The summed E-state index contributed by atoms with van der Waals surface area (Å²) in [6.07, 6.45) is 2.16. The van der Waals surface area contributed by atoms with E-state index in [0.717, 1.165) is 43.1 Å². The highest BCUT2D eigenvalue weighted by Crippen LogP contribution is 2.23. The average Bonchev–Trinajstić information content (AvgIpc) is 3.30. The minimum Gasteiger partial charge on any atom is -0.355 e. The first-order valence-corrected chi connectivity index (χ1v) is 11.7. The molecule has 1 aliphatic rings. The van der Waals surface area contributed by atoms with Crippen molar-refractivity contribution in [3.63, 3.8) is 0 Å². The maximum absolute atomic E-state index is 12.0. The number of nitrogens with one attached hydrogen (secondary N) is 1. The number of aromatic nitrogens is 4. The molecule has 0 aromatic carbocycles. The topological polar surface area (TPSA) is 92.5 Å². The summed E-state index contributed by atoms with van der Waals surface area (Å²) >= 11 is 1.61. The number of nitrogens with zero attached hydrogens (tertiary/aromatic N) is 5. The van der Waals surface area contributed by atoms with E-state index in [1.54, 1.807) is 15.9 Å². The van der Waals surface area contributed by atoms with Gasteiger partial charge in [-0.25, -0.2) is 13.1 Å². The first kappa shape index (κ1) is 18.3. The number of sulfonamides is 1. The smallest absolute Gasteiger partial charge is 0.211 e. The summed E-state index contributed by atoms with van der Waals surface area (Å²) in [6.45, 7) is 3.39. The molecule has 1 N–H and O–H groups in total. The normalized spacial score (nSPS) is 16.3. The Bertz CT molecular complexity index is 1010. The molecular weight excluding hydrogens is 384 g/mol. The average molecular weight is 407 g/mol. The van der Waals surface area contributed by atoms with Crippen LogP contribution in [0.4, 0.5) is 5.82 Å². The number of thiophene rings is 1. The third-order valence-corrected chi connectivity index (χ3v) is 6.99. The van der Waals surface area contributed by atoms with Gasteiger partial charge in [0.05, 0.1) is 5.75 Å². The number of fused-ring (bicyclic) bond motifs is 1. The van der Waals surface area contributed by atoms with Crippen LogP contribution in [0.3, 0.4) is 0 Å². The lowest BCUT2D eigenvalue weighted by Gasteiger charge is -2.32. The van der Waals surface area contributed by atoms with Crippen molar-refractivity contribution in [1.29, 1.82) is 0 Å². The van der Waals surface area contributed by atoms with Crippen molar-refractivity contribution in [3.05, 3.63) is 29.0 Å². The van der Waals surface area contributed by atoms with Crippen LogP contribution in [0.1, 0.15) is 26.2 Å². The van der Waals surface area contributed by atoms with E-state index in [1.807, 2.05) is 35.9 Å². The minimum absolute atomic E-state index is 0.00203. The van der Waals surface area contributed by atoms with Crippen LogP contribution in [0.5, 0.6) is 0 Å². The van der Waals surface area contributed by atoms with E-state index in [2.05, 4.69) is 19.8 Å². The van der Waals surface area contributed by atoms with Crippen LogP contribution in [-0.2, 0) is 10.0 Å². The molecule has 144 valence electrons. The van der Waals surface area contributed by atoms with Crippen LogP contribution in [0.25, 0.3) is 17.0 Å². The predicted molar refractivity (Wildman–Crippen MR) is 107 cm³/mol. The molecule has 0 bridgehead atoms. The lowest BCUT2D eigenvalue weighted by Crippen LogP contribution is -2.45. The van der Waals surface area contributed by atoms with Gasteiger partial charge in [-0.15, -0.1) is 15.3 Å². The number of anilines is 1. The molecule has 0 amide bonds. The fourth-order valence-corrected chi connectivity index (χ4v) is 5.36.